The molecule has 0 fully saturated rings. The van der Waals surface area contributed by atoms with Gasteiger partial charge in [-0.2, -0.15) is 0 Å². The predicted octanol–water partition coefficient (Wildman–Crippen LogP) is 7.84. The van der Waals surface area contributed by atoms with Crippen molar-refractivity contribution in [3.63, 3.8) is 0 Å². The molecule has 0 aliphatic heterocycles. The Morgan fingerprint density at radius 2 is 1.69 bits per heavy atom. The third kappa shape index (κ3) is 7.18. The molecule has 1 unspecified atom stereocenters. The van der Waals surface area contributed by atoms with Gasteiger partial charge in [0, 0.05) is 0 Å². The summed E-state index contributed by atoms with van der Waals surface area (Å²) in [4.78, 5) is 22.1. The van der Waals surface area contributed by atoms with Gasteiger partial charge >= 0.3 is 182 Å². The molecular weight excluding hydrogens is 583 g/mol. The number of methoxy groups -OCH3 is 1. The molecule has 0 aliphatic carbocycles. The van der Waals surface area contributed by atoms with Crippen LogP contribution in [-0.4, -0.2) is 38.9 Å². The summed E-state index contributed by atoms with van der Waals surface area (Å²) in [7, 11) is 1.61. The van der Waals surface area contributed by atoms with Crippen LogP contribution in [0.25, 0.3) is 21.9 Å². The van der Waals surface area contributed by atoms with Crippen molar-refractivity contribution >= 4 is 43.9 Å². The third-order valence-electron chi connectivity index (χ3n) is 7.24. The number of benzene rings is 3. The molecule has 2 heterocycles. The number of urea groups is 1. The number of fused-ring (bicyclic) bond motifs is 1. The molecule has 5 rings (SSSR count). The Labute approximate surface area is 254 Å². The van der Waals surface area contributed by atoms with Crippen molar-refractivity contribution in [2.24, 2.45) is 0 Å². The summed E-state index contributed by atoms with van der Waals surface area (Å²) >= 11 is -0.104. The zero-order chi connectivity index (χ0) is 29.5. The van der Waals surface area contributed by atoms with Crippen molar-refractivity contribution in [1.82, 2.24) is 9.97 Å². The van der Waals surface area contributed by atoms with Crippen LogP contribution in [0, 0.1) is 0 Å². The van der Waals surface area contributed by atoms with Gasteiger partial charge in [-0.25, -0.2) is 0 Å². The Hall–Kier alpha value is -4.15. The maximum atomic E-state index is 13.1. The summed E-state index contributed by atoms with van der Waals surface area (Å²) in [6.07, 6.45) is 6.84. The summed E-state index contributed by atoms with van der Waals surface area (Å²) in [5.41, 5.74) is 7.03. The van der Waals surface area contributed by atoms with E-state index in [1.165, 1.54) is 10.8 Å². The normalized spacial score (nSPS) is 11.6. The van der Waals surface area contributed by atoms with Gasteiger partial charge in [-0.3, -0.25) is 0 Å². The number of ether oxygens (including phenoxy) is 1. The second-order valence-corrected chi connectivity index (χ2v) is 14.1. The molecule has 3 aromatic carbocycles. The van der Waals surface area contributed by atoms with Crippen LogP contribution in [0.5, 0.6) is 5.75 Å². The summed E-state index contributed by atoms with van der Waals surface area (Å²) in [5, 5.41) is 10.4. The number of nitrogens with zero attached hydrogens (tertiary/aromatic N) is 2. The Balaban J connectivity index is 1.29. The van der Waals surface area contributed by atoms with Gasteiger partial charge in [-0.15, -0.1) is 0 Å². The molecular formula is C35H37AsN4O2. The SMILES string of the molecule is COc1ccc(C(C)(C)C)cc1NC(=O)Nc1ccc(-c2ccc(C[AsH]CCc3cccnc3)nc2)c2ccccc12. The second-order valence-electron chi connectivity index (χ2n) is 11.3. The fourth-order valence-electron chi connectivity index (χ4n) is 4.89. The molecule has 6 nitrogen and oxygen atoms in total. The molecule has 2 aromatic heterocycles. The van der Waals surface area contributed by atoms with Crippen LogP contribution in [0.4, 0.5) is 16.2 Å². The average Bonchev–Trinajstić information content (AvgIpc) is 3.00. The van der Waals surface area contributed by atoms with E-state index >= 15 is 0 Å². The Morgan fingerprint density at radius 1 is 0.881 bits per heavy atom. The Morgan fingerprint density at radius 3 is 2.40 bits per heavy atom. The molecule has 0 saturated heterocycles. The minimum absolute atomic E-state index is 0.0553. The van der Waals surface area contributed by atoms with Gasteiger partial charge in [-0.05, 0) is 23.1 Å². The minimum atomic E-state index is -0.324. The molecule has 7 heteroatoms. The molecule has 42 heavy (non-hydrogen) atoms. The molecule has 2 amide bonds. The summed E-state index contributed by atoms with van der Waals surface area (Å²) in [6.45, 7) is 6.42. The van der Waals surface area contributed by atoms with Gasteiger partial charge in [0.15, 0.2) is 0 Å². The van der Waals surface area contributed by atoms with Gasteiger partial charge in [0.25, 0.3) is 0 Å². The summed E-state index contributed by atoms with van der Waals surface area (Å²) in [5.74, 6) is 0.616. The van der Waals surface area contributed by atoms with E-state index in [0.29, 0.717) is 11.4 Å². The van der Waals surface area contributed by atoms with Gasteiger partial charge in [0.2, 0.25) is 0 Å². The molecule has 214 valence electrons. The van der Waals surface area contributed by atoms with Crippen molar-refractivity contribution in [3.05, 3.63) is 114 Å². The number of carbonyl (C=O) groups excluding carboxylic acids is 1. The number of nitrogens with one attached hydrogen (secondary N) is 2. The number of rotatable bonds is 9. The molecule has 0 aliphatic rings. The second kappa shape index (κ2) is 13.2. The molecule has 1 atom stereocenters. The first-order valence-electron chi connectivity index (χ1n) is 14.1. The number of aromatic nitrogens is 2. The van der Waals surface area contributed by atoms with Crippen LogP contribution in [0.1, 0.15) is 37.6 Å². The van der Waals surface area contributed by atoms with Gasteiger partial charge < -0.3 is 4.74 Å². The van der Waals surface area contributed by atoms with Gasteiger partial charge in [0.1, 0.15) is 5.75 Å². The Bertz CT molecular complexity index is 1670. The first-order valence-corrected chi connectivity index (χ1v) is 17.1. The molecule has 2 N–H and O–H groups in total. The molecule has 0 saturated carbocycles. The van der Waals surface area contributed by atoms with Crippen LogP contribution < -0.4 is 15.4 Å². The summed E-state index contributed by atoms with van der Waals surface area (Å²) < 4.78 is 5.50. The Kier molecular flexibility index (Phi) is 9.24. The quantitative estimate of drug-likeness (QED) is 0.130. The summed E-state index contributed by atoms with van der Waals surface area (Å²) in [6, 6.07) is 26.2. The number of pyridine rings is 2. The predicted molar refractivity (Wildman–Crippen MR) is 175 cm³/mol. The van der Waals surface area contributed by atoms with E-state index in [0.717, 1.165) is 50.5 Å². The number of hydrogen-bond donors (Lipinski definition) is 2. The number of anilines is 2. The van der Waals surface area contributed by atoms with Crippen LogP contribution in [0.2, 0.25) is 5.21 Å². The van der Waals surface area contributed by atoms with Crippen molar-refractivity contribution in [1.29, 1.82) is 0 Å². The standard InChI is InChI=1S/C35H37AsN4O2/c1-35(2,3)26-12-16-33(42-4)32(20-26)40-34(41)39-31-15-14-28(29-9-5-6-10-30(29)31)25-11-13-27(38-23-25)21-36-18-17-24-8-7-19-37-22-24/h5-16,19-20,22-23,36H,17-18,21H2,1-4H3,(H2,39,40,41). The van der Waals surface area contributed by atoms with Crippen LogP contribution in [0.3, 0.4) is 0 Å². The van der Waals surface area contributed by atoms with E-state index in [9.17, 15) is 4.79 Å². The van der Waals surface area contributed by atoms with Crippen LogP contribution in [0.15, 0.2) is 97.5 Å². The fourth-order valence-corrected chi connectivity index (χ4v) is 7.22. The van der Waals surface area contributed by atoms with E-state index in [4.69, 9.17) is 9.72 Å². The van der Waals surface area contributed by atoms with Crippen molar-refractivity contribution in [3.8, 4) is 16.9 Å². The van der Waals surface area contributed by atoms with Gasteiger partial charge in [0.05, 0.1) is 12.8 Å². The third-order valence-corrected chi connectivity index (χ3v) is 9.79. The number of carbonyl (C=O) groups is 1. The van der Waals surface area contributed by atoms with E-state index in [1.54, 1.807) is 7.11 Å². The topological polar surface area (TPSA) is 76.1 Å². The fraction of sp³-hybridized carbons (Fsp3) is 0.229. The first kappa shape index (κ1) is 29.3. The van der Waals surface area contributed by atoms with Crippen molar-refractivity contribution in [2.75, 3.05) is 17.7 Å². The molecule has 0 bridgehead atoms. The first-order chi connectivity index (χ1) is 20.3. The van der Waals surface area contributed by atoms with Crippen LogP contribution >= 0.6 is 0 Å². The van der Waals surface area contributed by atoms with Crippen molar-refractivity contribution in [2.45, 2.75) is 43.0 Å². The van der Waals surface area contributed by atoms with Crippen LogP contribution in [-0.2, 0) is 17.0 Å². The molecule has 0 spiro atoms. The zero-order valence-corrected chi connectivity index (χ0v) is 26.7. The average molecular weight is 621 g/mol. The molecule has 5 aromatic rings. The number of aryl methyl sites for hydroxylation is 1. The van der Waals surface area contributed by atoms with Gasteiger partial charge in [-0.1, -0.05) is 26.8 Å². The van der Waals surface area contributed by atoms with E-state index < -0.39 is 0 Å². The van der Waals surface area contributed by atoms with E-state index in [-0.39, 0.29) is 27.2 Å². The molecule has 0 radical (unpaired) electrons. The number of amides is 2. The van der Waals surface area contributed by atoms with E-state index in [1.807, 2.05) is 67.1 Å². The van der Waals surface area contributed by atoms with Crippen molar-refractivity contribution < 1.29 is 9.53 Å². The monoisotopic (exact) mass is 620 g/mol. The van der Waals surface area contributed by atoms with E-state index in [2.05, 4.69) is 66.7 Å². The maximum absolute atomic E-state index is 13.1. The number of hydrogen-bond acceptors (Lipinski definition) is 4. The zero-order valence-electron chi connectivity index (χ0n) is 24.6.